The van der Waals surface area contributed by atoms with E-state index in [0.29, 0.717) is 18.3 Å². The van der Waals surface area contributed by atoms with E-state index in [1.165, 1.54) is 6.26 Å². The Balaban J connectivity index is 1.35. The lowest BCUT2D eigenvalue weighted by molar-refractivity contribution is -0.137. The van der Waals surface area contributed by atoms with Gasteiger partial charge in [-0.3, -0.25) is 4.79 Å². The molecule has 0 spiro atoms. The van der Waals surface area contributed by atoms with E-state index >= 15 is 0 Å². The van der Waals surface area contributed by atoms with Gasteiger partial charge in [-0.1, -0.05) is 19.1 Å². The summed E-state index contributed by atoms with van der Waals surface area (Å²) >= 11 is 0. The van der Waals surface area contributed by atoms with Crippen LogP contribution in [0.1, 0.15) is 59.3 Å². The topological polar surface area (TPSA) is 73.9 Å². The highest BCUT2D eigenvalue weighted by atomic mass is 19.2. The number of nitrogens with one attached hydrogen (secondary N) is 1. The van der Waals surface area contributed by atoms with Crippen molar-refractivity contribution in [1.82, 2.24) is 5.32 Å². The Morgan fingerprint density at radius 3 is 2.37 bits per heavy atom. The van der Waals surface area contributed by atoms with Gasteiger partial charge in [-0.15, -0.1) is 0 Å². The Kier molecular flexibility index (Phi) is 9.56. The van der Waals surface area contributed by atoms with Gasteiger partial charge in [-0.2, -0.15) is 8.78 Å². The van der Waals surface area contributed by atoms with Crippen molar-refractivity contribution in [2.45, 2.75) is 64.9 Å². The number of halogens is 5. The smallest absolute Gasteiger partial charge is 0.411 e. The van der Waals surface area contributed by atoms with Crippen LogP contribution in [0.4, 0.5) is 26.7 Å². The first-order valence-electron chi connectivity index (χ1n) is 12.5. The van der Waals surface area contributed by atoms with Gasteiger partial charge in [0.25, 0.3) is 0 Å². The summed E-state index contributed by atoms with van der Waals surface area (Å²) in [6.45, 7) is 5.58. The van der Waals surface area contributed by atoms with Gasteiger partial charge >= 0.3 is 12.1 Å². The van der Waals surface area contributed by atoms with Crippen LogP contribution >= 0.6 is 0 Å². The Morgan fingerprint density at radius 2 is 1.68 bits per heavy atom. The molecule has 1 saturated carbocycles. The van der Waals surface area contributed by atoms with Crippen LogP contribution < -0.4 is 10.1 Å². The first-order valence-corrected chi connectivity index (χ1v) is 12.5. The van der Waals surface area contributed by atoms with Crippen molar-refractivity contribution in [3.05, 3.63) is 53.6 Å². The second kappa shape index (κ2) is 12.3. The maximum absolute atomic E-state index is 13.6. The zero-order valence-electron chi connectivity index (χ0n) is 21.6. The Bertz CT molecular complexity index is 1080. The third kappa shape index (κ3) is 7.12. The summed E-state index contributed by atoms with van der Waals surface area (Å²) in [6, 6.07) is 0. The maximum atomic E-state index is 13.6. The molecule has 11 heteroatoms. The van der Waals surface area contributed by atoms with Crippen LogP contribution in [0.3, 0.4) is 0 Å². The van der Waals surface area contributed by atoms with Crippen molar-refractivity contribution >= 4 is 12.1 Å². The molecule has 0 heterocycles. The molecule has 3 atom stereocenters. The minimum absolute atomic E-state index is 0.199. The van der Waals surface area contributed by atoms with Crippen LogP contribution in [-0.4, -0.2) is 30.8 Å². The monoisotopic (exact) mass is 545 g/mol. The number of esters is 1. The number of hydrogen-bond donors (Lipinski definition) is 1. The fourth-order valence-electron chi connectivity index (χ4n) is 4.84. The van der Waals surface area contributed by atoms with Crippen LogP contribution in [0.15, 0.2) is 24.5 Å². The Labute approximate surface area is 218 Å². The lowest BCUT2D eigenvalue weighted by Gasteiger charge is -2.25. The van der Waals surface area contributed by atoms with Crippen molar-refractivity contribution in [1.29, 1.82) is 0 Å². The number of fused-ring (bicyclic) bond motifs is 1. The molecular weight excluding hydrogens is 513 g/mol. The van der Waals surface area contributed by atoms with Crippen LogP contribution in [0.5, 0.6) is 5.75 Å². The molecule has 3 unspecified atom stereocenters. The number of ether oxygens (including phenoxy) is 3. The molecule has 3 rings (SSSR count). The summed E-state index contributed by atoms with van der Waals surface area (Å²) in [5.74, 6) is -13.2. The molecule has 0 aliphatic heterocycles. The van der Waals surface area contributed by atoms with Crippen LogP contribution in [0, 0.1) is 46.3 Å². The van der Waals surface area contributed by atoms with Gasteiger partial charge in [-0.05, 0) is 69.3 Å². The summed E-state index contributed by atoms with van der Waals surface area (Å²) in [7, 11) is 0. The fraction of sp³-hybridized carbons (Fsp3) is 0.556. The van der Waals surface area contributed by atoms with Crippen molar-refractivity contribution in [3.8, 4) is 5.75 Å². The number of carbonyl (C=O) groups excluding carboxylic acids is 2. The molecule has 6 nitrogen and oxygen atoms in total. The molecule has 2 aliphatic rings. The van der Waals surface area contributed by atoms with Gasteiger partial charge in [-0.25, -0.2) is 18.0 Å². The Morgan fingerprint density at radius 1 is 1.05 bits per heavy atom. The highest BCUT2D eigenvalue weighted by molar-refractivity contribution is 5.72. The zero-order chi connectivity index (χ0) is 28.1. The number of alkyl carbamates (subject to hydrolysis) is 1. The molecule has 210 valence electrons. The predicted octanol–water partition coefficient (Wildman–Crippen LogP) is 6.49. The van der Waals surface area contributed by atoms with Gasteiger partial charge in [0.1, 0.15) is 0 Å². The summed E-state index contributed by atoms with van der Waals surface area (Å²) in [6.07, 6.45) is 11.4. The number of rotatable bonds is 10. The molecule has 2 aliphatic carbocycles. The highest BCUT2D eigenvalue weighted by Crippen LogP contribution is 2.64. The molecule has 38 heavy (non-hydrogen) atoms. The fourth-order valence-corrected chi connectivity index (χ4v) is 4.84. The predicted molar refractivity (Wildman–Crippen MR) is 127 cm³/mol. The average molecular weight is 546 g/mol. The van der Waals surface area contributed by atoms with E-state index in [1.807, 2.05) is 6.08 Å². The molecule has 0 bridgehead atoms. The van der Waals surface area contributed by atoms with Gasteiger partial charge in [0, 0.05) is 6.54 Å². The molecule has 0 aromatic heterocycles. The average Bonchev–Trinajstić information content (AvgIpc) is 3.38. The van der Waals surface area contributed by atoms with Crippen molar-refractivity contribution in [2.75, 3.05) is 13.2 Å². The second-order valence-corrected chi connectivity index (χ2v) is 10.4. The van der Waals surface area contributed by atoms with Gasteiger partial charge in [0.2, 0.25) is 34.8 Å². The zero-order valence-corrected chi connectivity index (χ0v) is 21.6. The summed E-state index contributed by atoms with van der Waals surface area (Å²) < 4.78 is 81.8. The number of carbonyl (C=O) groups is 2. The second-order valence-electron chi connectivity index (χ2n) is 10.4. The molecule has 0 saturated heterocycles. The largest absolute Gasteiger partial charge is 0.420 e. The molecule has 1 aromatic rings. The van der Waals surface area contributed by atoms with Crippen molar-refractivity contribution in [3.63, 3.8) is 0 Å². The standard InChI is InChI=1S/C27H32F5NO5/c1-26(2,37-15-10-18(34)38-24-22(31)20(29)19(28)21(30)23(24)32)12-13-33-25(35)36-14-9-17-16-8-6-4-5-7-11-27(16,17)3/h4-5,9,14,16-17H,6-8,10-13,15H2,1-3H3,(H,33,35)/b5-4-,14-9+. The van der Waals surface area contributed by atoms with Crippen molar-refractivity contribution < 1.29 is 45.8 Å². The normalized spacial score (nSPS) is 23.8. The molecule has 1 N–H and O–H groups in total. The van der Waals surface area contributed by atoms with E-state index in [4.69, 9.17) is 9.47 Å². The third-order valence-electron chi connectivity index (χ3n) is 7.24. The summed E-state index contributed by atoms with van der Waals surface area (Å²) in [5, 5.41) is 2.61. The van der Waals surface area contributed by atoms with E-state index in [9.17, 15) is 31.5 Å². The lowest BCUT2D eigenvalue weighted by Crippen LogP contribution is -2.33. The van der Waals surface area contributed by atoms with Gasteiger partial charge < -0.3 is 19.5 Å². The number of allylic oxidation sites excluding steroid dienone is 3. The number of amides is 1. The lowest BCUT2D eigenvalue weighted by atomic mass is 9.94. The number of hydrogen-bond acceptors (Lipinski definition) is 5. The van der Waals surface area contributed by atoms with Crippen LogP contribution in [0.25, 0.3) is 0 Å². The SMILES string of the molecule is CC(C)(CCNC(=O)O/C=C/C1C2CC/C=C\CCC12C)OCCC(=O)Oc1c(F)c(F)c(F)c(F)c1F. The van der Waals surface area contributed by atoms with E-state index < -0.39 is 58.9 Å². The van der Waals surface area contributed by atoms with Gasteiger partial charge in [0.15, 0.2) is 0 Å². The Hall–Kier alpha value is -2.95. The molecule has 1 aromatic carbocycles. The molecular formula is C27H32F5NO5. The highest BCUT2D eigenvalue weighted by Gasteiger charge is 2.58. The van der Waals surface area contributed by atoms with E-state index in [0.717, 1.165) is 25.7 Å². The molecule has 1 amide bonds. The van der Waals surface area contributed by atoms with E-state index in [2.05, 4.69) is 29.1 Å². The van der Waals surface area contributed by atoms with E-state index in [1.54, 1.807) is 13.8 Å². The van der Waals surface area contributed by atoms with Crippen LogP contribution in [0.2, 0.25) is 0 Å². The summed E-state index contributed by atoms with van der Waals surface area (Å²) in [5.41, 5.74) is -0.569. The molecule has 0 radical (unpaired) electrons. The van der Waals surface area contributed by atoms with Crippen LogP contribution in [-0.2, 0) is 14.3 Å². The maximum Gasteiger partial charge on any atom is 0.411 e. The first-order chi connectivity index (χ1) is 17.9. The first kappa shape index (κ1) is 29.6. The molecule has 1 fully saturated rings. The quantitative estimate of drug-likeness (QED) is 0.0693. The van der Waals surface area contributed by atoms with Crippen molar-refractivity contribution in [2.24, 2.45) is 17.3 Å². The minimum Gasteiger partial charge on any atom is -0.420 e. The minimum atomic E-state index is -2.35. The van der Waals surface area contributed by atoms with E-state index in [-0.39, 0.29) is 18.6 Å². The number of benzene rings is 1. The summed E-state index contributed by atoms with van der Waals surface area (Å²) in [4.78, 5) is 23.8. The third-order valence-corrected chi connectivity index (χ3v) is 7.24. The van der Waals surface area contributed by atoms with Gasteiger partial charge in [0.05, 0.1) is 24.9 Å².